The molecule has 0 radical (unpaired) electrons. The molecule has 0 unspecified atom stereocenters. The van der Waals surface area contributed by atoms with Crippen molar-refractivity contribution >= 4 is 40.6 Å². The van der Waals surface area contributed by atoms with Crippen molar-refractivity contribution in [1.82, 2.24) is 4.90 Å². The Hall–Kier alpha value is -3.26. The topological polar surface area (TPSA) is 95.9 Å². The highest BCUT2D eigenvalue weighted by molar-refractivity contribution is 8.18. The maximum absolute atomic E-state index is 12.5. The van der Waals surface area contributed by atoms with Gasteiger partial charge in [-0.15, -0.1) is 0 Å². The van der Waals surface area contributed by atoms with Crippen molar-refractivity contribution in [2.75, 3.05) is 19.0 Å². The number of rotatable bonds is 5. The van der Waals surface area contributed by atoms with Gasteiger partial charge in [0.25, 0.3) is 11.1 Å². The van der Waals surface area contributed by atoms with Gasteiger partial charge in [-0.25, -0.2) is 0 Å². The van der Waals surface area contributed by atoms with Crippen molar-refractivity contribution in [3.63, 3.8) is 0 Å². The molecule has 1 saturated heterocycles. The molecule has 3 amide bonds. The van der Waals surface area contributed by atoms with Crippen LogP contribution in [0, 0.1) is 0 Å². The van der Waals surface area contributed by atoms with Crippen LogP contribution in [0.5, 0.6) is 11.5 Å². The van der Waals surface area contributed by atoms with E-state index >= 15 is 0 Å². The second-order valence-corrected chi connectivity index (χ2v) is 6.60. The minimum atomic E-state index is -0.531. The van der Waals surface area contributed by atoms with Crippen LogP contribution in [-0.2, 0) is 9.59 Å². The van der Waals surface area contributed by atoms with Crippen LogP contribution in [0.4, 0.5) is 10.5 Å². The number of carbonyl (C=O) groups excluding carboxylic acids is 3. The summed E-state index contributed by atoms with van der Waals surface area (Å²) in [6.45, 7) is -0.394. The number of phenolic OH excluding ortho intramolecular Hbond substituents is 1. The van der Waals surface area contributed by atoms with E-state index in [0.717, 1.165) is 16.7 Å². The van der Waals surface area contributed by atoms with Crippen LogP contribution >= 0.6 is 11.8 Å². The molecule has 0 aromatic heterocycles. The van der Waals surface area contributed by atoms with Gasteiger partial charge in [0.2, 0.25) is 5.91 Å². The summed E-state index contributed by atoms with van der Waals surface area (Å²) in [6, 6.07) is 13.0. The highest BCUT2D eigenvalue weighted by Gasteiger charge is 2.36. The fourth-order valence-electron chi connectivity index (χ4n) is 2.45. The van der Waals surface area contributed by atoms with E-state index in [9.17, 15) is 19.5 Å². The second-order valence-electron chi connectivity index (χ2n) is 5.60. The van der Waals surface area contributed by atoms with E-state index in [2.05, 4.69) is 5.32 Å². The van der Waals surface area contributed by atoms with Crippen molar-refractivity contribution in [2.24, 2.45) is 0 Å². The number of benzene rings is 2. The number of thioether (sulfide) groups is 1. The predicted molar refractivity (Wildman–Crippen MR) is 102 cm³/mol. The number of nitrogens with zero attached hydrogens (tertiary/aromatic N) is 1. The largest absolute Gasteiger partial charge is 0.508 e. The van der Waals surface area contributed by atoms with Gasteiger partial charge in [0, 0.05) is 11.3 Å². The van der Waals surface area contributed by atoms with Crippen LogP contribution in [-0.4, -0.2) is 40.7 Å². The molecule has 2 aromatic rings. The van der Waals surface area contributed by atoms with Gasteiger partial charge in [0.1, 0.15) is 18.0 Å². The zero-order valence-electron chi connectivity index (χ0n) is 14.3. The SMILES string of the molecule is COc1ccccc1/C=C1\SC(=O)N(CC(=O)Nc2ccc(O)cc2)C1=O. The number of ether oxygens (including phenoxy) is 1. The zero-order chi connectivity index (χ0) is 19.4. The average Bonchev–Trinajstić information content (AvgIpc) is 2.91. The zero-order valence-corrected chi connectivity index (χ0v) is 15.2. The lowest BCUT2D eigenvalue weighted by molar-refractivity contribution is -0.127. The van der Waals surface area contributed by atoms with Crippen molar-refractivity contribution < 1.29 is 24.2 Å². The molecule has 0 aliphatic carbocycles. The molecular weight excluding hydrogens is 368 g/mol. The Morgan fingerprint density at radius 1 is 1.19 bits per heavy atom. The molecule has 0 bridgehead atoms. The number of carbonyl (C=O) groups is 3. The number of phenols is 1. The molecule has 7 nitrogen and oxygen atoms in total. The Morgan fingerprint density at radius 3 is 2.59 bits per heavy atom. The number of imide groups is 1. The first-order valence-corrected chi connectivity index (χ1v) is 8.77. The molecule has 1 heterocycles. The average molecular weight is 384 g/mol. The lowest BCUT2D eigenvalue weighted by atomic mass is 10.2. The summed E-state index contributed by atoms with van der Waals surface area (Å²) in [5.41, 5.74) is 1.12. The third-order valence-corrected chi connectivity index (χ3v) is 4.66. The molecule has 138 valence electrons. The number of nitrogens with one attached hydrogen (secondary N) is 1. The molecule has 1 fully saturated rings. The minimum absolute atomic E-state index is 0.0698. The van der Waals surface area contributed by atoms with Crippen molar-refractivity contribution in [2.45, 2.75) is 0 Å². The monoisotopic (exact) mass is 384 g/mol. The summed E-state index contributed by atoms with van der Waals surface area (Å²) in [4.78, 5) is 37.9. The quantitative estimate of drug-likeness (QED) is 0.608. The molecule has 1 aliphatic heterocycles. The van der Waals surface area contributed by atoms with Gasteiger partial charge in [-0.05, 0) is 48.2 Å². The Labute approximate surface area is 159 Å². The maximum atomic E-state index is 12.5. The molecule has 0 saturated carbocycles. The Bertz CT molecular complexity index is 924. The van der Waals surface area contributed by atoms with Gasteiger partial charge < -0.3 is 15.2 Å². The Kier molecular flexibility index (Phi) is 5.46. The number of methoxy groups -OCH3 is 1. The van der Waals surface area contributed by atoms with Gasteiger partial charge in [-0.2, -0.15) is 0 Å². The van der Waals surface area contributed by atoms with Crippen LogP contribution in [0.25, 0.3) is 6.08 Å². The number of para-hydroxylation sites is 1. The number of hydrogen-bond donors (Lipinski definition) is 2. The summed E-state index contributed by atoms with van der Waals surface area (Å²) >= 11 is 0.776. The van der Waals surface area contributed by atoms with E-state index in [1.54, 1.807) is 30.3 Å². The summed E-state index contributed by atoms with van der Waals surface area (Å²) < 4.78 is 5.24. The van der Waals surface area contributed by atoms with Gasteiger partial charge in [0.05, 0.1) is 12.0 Å². The fraction of sp³-hybridized carbons (Fsp3) is 0.105. The Morgan fingerprint density at radius 2 is 1.89 bits per heavy atom. The third-order valence-electron chi connectivity index (χ3n) is 3.75. The van der Waals surface area contributed by atoms with Crippen molar-refractivity contribution in [3.05, 3.63) is 59.0 Å². The van der Waals surface area contributed by atoms with Gasteiger partial charge in [0.15, 0.2) is 0 Å². The minimum Gasteiger partial charge on any atom is -0.508 e. The van der Waals surface area contributed by atoms with E-state index in [1.165, 1.54) is 31.4 Å². The van der Waals surface area contributed by atoms with Crippen LogP contribution in [0.1, 0.15) is 5.56 Å². The Balaban J connectivity index is 1.71. The van der Waals surface area contributed by atoms with Crippen molar-refractivity contribution in [1.29, 1.82) is 0 Å². The van der Waals surface area contributed by atoms with E-state index in [1.807, 2.05) is 0 Å². The molecule has 27 heavy (non-hydrogen) atoms. The fourth-order valence-corrected chi connectivity index (χ4v) is 3.28. The molecule has 3 rings (SSSR count). The molecule has 1 aliphatic rings. The highest BCUT2D eigenvalue weighted by atomic mass is 32.2. The summed E-state index contributed by atoms with van der Waals surface area (Å²) in [6.07, 6.45) is 1.57. The number of anilines is 1. The third kappa shape index (κ3) is 4.29. The summed E-state index contributed by atoms with van der Waals surface area (Å²) in [7, 11) is 1.52. The first-order valence-electron chi connectivity index (χ1n) is 7.95. The van der Waals surface area contributed by atoms with Gasteiger partial charge in [-0.3, -0.25) is 19.3 Å². The summed E-state index contributed by atoms with van der Waals surface area (Å²) in [5, 5.41) is 11.3. The highest BCUT2D eigenvalue weighted by Crippen LogP contribution is 2.33. The molecule has 2 aromatic carbocycles. The second kappa shape index (κ2) is 7.96. The first kappa shape index (κ1) is 18.5. The molecular formula is C19H16N2O5S. The molecule has 8 heteroatoms. The van der Waals surface area contributed by atoms with E-state index in [0.29, 0.717) is 17.0 Å². The predicted octanol–water partition coefficient (Wildman–Crippen LogP) is 3.08. The normalized spacial score (nSPS) is 15.3. The van der Waals surface area contributed by atoms with E-state index < -0.39 is 23.6 Å². The molecule has 0 atom stereocenters. The van der Waals surface area contributed by atoms with E-state index in [-0.39, 0.29) is 10.7 Å². The molecule has 2 N–H and O–H groups in total. The van der Waals surface area contributed by atoms with Crippen LogP contribution < -0.4 is 10.1 Å². The standard InChI is InChI=1S/C19H16N2O5S/c1-26-15-5-3-2-4-12(15)10-16-18(24)21(19(25)27-16)11-17(23)20-13-6-8-14(22)9-7-13/h2-10,22H,11H2,1H3,(H,20,23)/b16-10-. The molecule has 0 spiro atoms. The van der Waals surface area contributed by atoms with Crippen molar-refractivity contribution in [3.8, 4) is 11.5 Å². The lowest BCUT2D eigenvalue weighted by Crippen LogP contribution is -2.36. The van der Waals surface area contributed by atoms with Crippen LogP contribution in [0.3, 0.4) is 0 Å². The first-order chi connectivity index (χ1) is 13.0. The smallest absolute Gasteiger partial charge is 0.294 e. The number of amides is 3. The summed E-state index contributed by atoms with van der Waals surface area (Å²) in [5.74, 6) is -0.395. The van der Waals surface area contributed by atoms with Crippen LogP contribution in [0.15, 0.2) is 53.4 Å². The number of hydrogen-bond acceptors (Lipinski definition) is 6. The van der Waals surface area contributed by atoms with E-state index in [4.69, 9.17) is 4.74 Å². The van der Waals surface area contributed by atoms with Gasteiger partial charge >= 0.3 is 0 Å². The van der Waals surface area contributed by atoms with Gasteiger partial charge in [-0.1, -0.05) is 18.2 Å². The lowest BCUT2D eigenvalue weighted by Gasteiger charge is -2.12. The number of aromatic hydroxyl groups is 1. The maximum Gasteiger partial charge on any atom is 0.294 e. The van der Waals surface area contributed by atoms with Crippen LogP contribution in [0.2, 0.25) is 0 Å².